The van der Waals surface area contributed by atoms with Crippen molar-refractivity contribution >= 4 is 23.2 Å². The van der Waals surface area contributed by atoms with Crippen LogP contribution in [-0.4, -0.2) is 16.5 Å². The normalized spacial score (nSPS) is 10.3. The monoisotopic (exact) mass is 290 g/mol. The highest BCUT2D eigenvalue weighted by Crippen LogP contribution is 2.21. The Morgan fingerprint density at radius 3 is 2.25 bits per heavy atom. The average molecular weight is 291 g/mol. The molecule has 20 heavy (non-hydrogen) atoms. The molecule has 0 fully saturated rings. The Kier molecular flexibility index (Phi) is 5.18. The lowest BCUT2D eigenvalue weighted by Crippen LogP contribution is -2.09. The number of benzene rings is 1. The number of anilines is 2. The first-order valence-corrected chi connectivity index (χ1v) is 7.18. The first-order chi connectivity index (χ1) is 9.74. The van der Waals surface area contributed by atoms with Crippen LogP contribution in [0.3, 0.4) is 0 Å². The molecule has 0 unspecified atom stereocenters. The zero-order valence-corrected chi connectivity index (χ0v) is 12.5. The van der Waals surface area contributed by atoms with Gasteiger partial charge in [0.1, 0.15) is 18.0 Å². The smallest absolute Gasteiger partial charge is 0.134 e. The molecule has 1 aromatic carbocycles. The molecule has 0 spiro atoms. The van der Waals surface area contributed by atoms with Gasteiger partial charge >= 0.3 is 0 Å². The summed E-state index contributed by atoms with van der Waals surface area (Å²) in [7, 11) is 0. The predicted octanol–water partition coefficient (Wildman–Crippen LogP) is 3.74. The van der Waals surface area contributed by atoms with Crippen LogP contribution in [0, 0.1) is 0 Å². The van der Waals surface area contributed by atoms with Crippen molar-refractivity contribution in [3.05, 3.63) is 46.7 Å². The molecular weight excluding hydrogens is 272 g/mol. The van der Waals surface area contributed by atoms with Crippen molar-refractivity contribution in [2.45, 2.75) is 26.8 Å². The predicted molar refractivity (Wildman–Crippen MR) is 84.4 cm³/mol. The Morgan fingerprint density at radius 1 is 1.00 bits per heavy atom. The molecule has 4 nitrogen and oxygen atoms in total. The van der Waals surface area contributed by atoms with Gasteiger partial charge in [-0.2, -0.15) is 0 Å². The fraction of sp³-hybridized carbons (Fsp3) is 0.333. The maximum absolute atomic E-state index is 5.88. The van der Waals surface area contributed by atoms with Gasteiger partial charge in [0.25, 0.3) is 0 Å². The van der Waals surface area contributed by atoms with Gasteiger partial charge in [-0.15, -0.1) is 0 Å². The molecule has 0 saturated heterocycles. The number of hydrogen-bond acceptors (Lipinski definition) is 4. The van der Waals surface area contributed by atoms with Crippen molar-refractivity contribution in [3.8, 4) is 0 Å². The van der Waals surface area contributed by atoms with Crippen LogP contribution in [0.15, 0.2) is 30.6 Å². The van der Waals surface area contributed by atoms with Crippen molar-refractivity contribution < 1.29 is 0 Å². The van der Waals surface area contributed by atoms with Crippen LogP contribution in [0.25, 0.3) is 0 Å². The van der Waals surface area contributed by atoms with Crippen molar-refractivity contribution in [1.82, 2.24) is 9.97 Å². The molecule has 106 valence electrons. The molecule has 0 aliphatic carbocycles. The quantitative estimate of drug-likeness (QED) is 0.851. The molecule has 0 amide bonds. The van der Waals surface area contributed by atoms with Gasteiger partial charge in [0.2, 0.25) is 0 Å². The average Bonchev–Trinajstić information content (AvgIpc) is 2.47. The summed E-state index contributed by atoms with van der Waals surface area (Å²) in [5.74, 6) is 1.79. The molecule has 2 rings (SSSR count). The van der Waals surface area contributed by atoms with Crippen molar-refractivity contribution in [3.63, 3.8) is 0 Å². The Balaban J connectivity index is 2.12. The third kappa shape index (κ3) is 3.61. The molecule has 0 aliphatic rings. The summed E-state index contributed by atoms with van der Waals surface area (Å²) in [4.78, 5) is 8.62. The minimum absolute atomic E-state index is 0.715. The van der Waals surface area contributed by atoms with Crippen molar-refractivity contribution in [1.29, 1.82) is 0 Å². The van der Waals surface area contributed by atoms with Crippen LogP contribution < -0.4 is 10.6 Å². The molecule has 0 atom stereocenters. The van der Waals surface area contributed by atoms with E-state index in [0.29, 0.717) is 6.54 Å². The first-order valence-electron chi connectivity index (χ1n) is 6.80. The number of nitrogens with zero attached hydrogens (tertiary/aromatic N) is 2. The van der Waals surface area contributed by atoms with E-state index >= 15 is 0 Å². The molecule has 0 bridgehead atoms. The van der Waals surface area contributed by atoms with E-state index in [1.807, 2.05) is 24.3 Å². The highest BCUT2D eigenvalue weighted by atomic mass is 35.5. The van der Waals surface area contributed by atoms with Crippen LogP contribution in [0.5, 0.6) is 0 Å². The SMILES string of the molecule is CCNc1ncnc(NCc2ccc(Cl)cc2)c1CC. The Bertz CT molecular complexity index is 554. The maximum Gasteiger partial charge on any atom is 0.134 e. The van der Waals surface area contributed by atoms with Crippen molar-refractivity contribution in [2.75, 3.05) is 17.2 Å². The lowest BCUT2D eigenvalue weighted by Gasteiger charge is -2.13. The molecule has 1 heterocycles. The minimum Gasteiger partial charge on any atom is -0.370 e. The maximum atomic E-state index is 5.88. The van der Waals surface area contributed by atoms with Gasteiger partial charge < -0.3 is 10.6 Å². The van der Waals surface area contributed by atoms with E-state index < -0.39 is 0 Å². The lowest BCUT2D eigenvalue weighted by molar-refractivity contribution is 1.000. The van der Waals surface area contributed by atoms with Crippen LogP contribution in [0.4, 0.5) is 11.6 Å². The van der Waals surface area contributed by atoms with Crippen LogP contribution in [0.2, 0.25) is 5.02 Å². The number of aromatic nitrogens is 2. The second-order valence-corrected chi connectivity index (χ2v) is 4.85. The van der Waals surface area contributed by atoms with E-state index in [1.54, 1.807) is 6.33 Å². The zero-order valence-electron chi connectivity index (χ0n) is 11.8. The topological polar surface area (TPSA) is 49.8 Å². The second kappa shape index (κ2) is 7.10. The van der Waals surface area contributed by atoms with E-state index in [1.165, 1.54) is 5.56 Å². The molecule has 2 aromatic rings. The van der Waals surface area contributed by atoms with E-state index in [4.69, 9.17) is 11.6 Å². The third-order valence-corrected chi connectivity index (χ3v) is 3.27. The number of rotatable bonds is 6. The zero-order chi connectivity index (χ0) is 14.4. The molecule has 0 saturated carbocycles. The van der Waals surface area contributed by atoms with Crippen LogP contribution in [-0.2, 0) is 13.0 Å². The van der Waals surface area contributed by atoms with E-state index in [9.17, 15) is 0 Å². The minimum atomic E-state index is 0.715. The molecule has 1 aromatic heterocycles. The van der Waals surface area contributed by atoms with Gasteiger partial charge in [-0.05, 0) is 31.0 Å². The van der Waals surface area contributed by atoms with Gasteiger partial charge in [0.05, 0.1) is 0 Å². The van der Waals surface area contributed by atoms with Gasteiger partial charge in [0, 0.05) is 23.7 Å². The largest absolute Gasteiger partial charge is 0.370 e. The summed E-state index contributed by atoms with van der Waals surface area (Å²) in [5.41, 5.74) is 2.28. The van der Waals surface area contributed by atoms with Gasteiger partial charge in [-0.3, -0.25) is 0 Å². The Labute approximate surface area is 124 Å². The van der Waals surface area contributed by atoms with E-state index in [2.05, 4.69) is 34.4 Å². The van der Waals surface area contributed by atoms with E-state index in [0.717, 1.165) is 35.2 Å². The highest BCUT2D eigenvalue weighted by Gasteiger charge is 2.08. The highest BCUT2D eigenvalue weighted by molar-refractivity contribution is 6.30. The van der Waals surface area contributed by atoms with Gasteiger partial charge in [-0.1, -0.05) is 30.7 Å². The summed E-state index contributed by atoms with van der Waals surface area (Å²) in [6.45, 7) is 5.72. The Morgan fingerprint density at radius 2 is 1.65 bits per heavy atom. The summed E-state index contributed by atoms with van der Waals surface area (Å²) in [5, 5.41) is 7.38. The number of nitrogens with one attached hydrogen (secondary N) is 2. The first kappa shape index (κ1) is 14.6. The summed E-state index contributed by atoms with van der Waals surface area (Å²) in [6.07, 6.45) is 2.47. The third-order valence-electron chi connectivity index (χ3n) is 3.02. The molecule has 2 N–H and O–H groups in total. The standard InChI is InChI=1S/C15H19ClN4/c1-3-13-14(17-4-2)19-10-20-15(13)18-9-11-5-7-12(16)8-6-11/h5-8,10H,3-4,9H2,1-2H3,(H2,17,18,19,20). The summed E-state index contributed by atoms with van der Waals surface area (Å²) < 4.78 is 0. The number of hydrogen-bond donors (Lipinski definition) is 2. The Hall–Kier alpha value is -1.81. The molecule has 0 radical (unpaired) electrons. The fourth-order valence-corrected chi connectivity index (χ4v) is 2.13. The summed E-state index contributed by atoms with van der Waals surface area (Å²) in [6, 6.07) is 7.80. The number of halogens is 1. The van der Waals surface area contributed by atoms with Crippen LogP contribution in [0.1, 0.15) is 25.0 Å². The second-order valence-electron chi connectivity index (χ2n) is 4.41. The van der Waals surface area contributed by atoms with Crippen LogP contribution >= 0.6 is 11.6 Å². The van der Waals surface area contributed by atoms with Crippen molar-refractivity contribution in [2.24, 2.45) is 0 Å². The summed E-state index contributed by atoms with van der Waals surface area (Å²) >= 11 is 5.88. The molecular formula is C15H19ClN4. The lowest BCUT2D eigenvalue weighted by atomic mass is 10.2. The molecule has 0 aliphatic heterocycles. The van der Waals surface area contributed by atoms with Gasteiger partial charge in [0.15, 0.2) is 0 Å². The molecule has 5 heteroatoms. The van der Waals surface area contributed by atoms with E-state index in [-0.39, 0.29) is 0 Å². The fourth-order valence-electron chi connectivity index (χ4n) is 2.01. The van der Waals surface area contributed by atoms with Gasteiger partial charge in [-0.25, -0.2) is 9.97 Å².